The normalized spacial score (nSPS) is 11.8. The first-order chi connectivity index (χ1) is 9.04. The van der Waals surface area contributed by atoms with Crippen LogP contribution in [0.4, 0.5) is 4.79 Å². The van der Waals surface area contributed by atoms with Gasteiger partial charge in [0.25, 0.3) is 0 Å². The van der Waals surface area contributed by atoms with Crippen LogP contribution in [0.3, 0.4) is 0 Å². The number of ether oxygens (including phenoxy) is 1. The number of aliphatic hydroxyl groups excluding tert-OH is 1. The number of nitrogens with one attached hydrogen (secondary N) is 1. The van der Waals surface area contributed by atoms with E-state index < -0.39 is 6.10 Å². The maximum atomic E-state index is 11.8. The Hall–Kier alpha value is -1.75. The van der Waals surface area contributed by atoms with Gasteiger partial charge in [0.05, 0.1) is 12.7 Å². The molecule has 2 N–H and O–H groups in total. The molecular formula is C14H22N2O3. The fourth-order valence-electron chi connectivity index (χ4n) is 1.73. The molecule has 1 rings (SSSR count). The van der Waals surface area contributed by atoms with E-state index in [4.69, 9.17) is 4.74 Å². The molecule has 1 aromatic rings. The van der Waals surface area contributed by atoms with E-state index in [0.29, 0.717) is 19.7 Å². The molecule has 0 fully saturated rings. The van der Waals surface area contributed by atoms with Crippen LogP contribution in [0.25, 0.3) is 0 Å². The van der Waals surface area contributed by atoms with Crippen molar-refractivity contribution < 1.29 is 14.6 Å². The number of carbonyl (C=O) groups excluding carboxylic acids is 1. The van der Waals surface area contributed by atoms with Gasteiger partial charge >= 0.3 is 6.03 Å². The van der Waals surface area contributed by atoms with Gasteiger partial charge in [-0.1, -0.05) is 18.2 Å². The van der Waals surface area contributed by atoms with Crippen LogP contribution >= 0.6 is 0 Å². The van der Waals surface area contributed by atoms with Crippen molar-refractivity contribution in [1.29, 1.82) is 0 Å². The van der Waals surface area contributed by atoms with Crippen LogP contribution in [-0.2, 0) is 6.54 Å². The molecule has 5 heteroatoms. The van der Waals surface area contributed by atoms with Crippen molar-refractivity contribution >= 4 is 6.03 Å². The molecule has 0 saturated heterocycles. The Morgan fingerprint density at radius 1 is 1.47 bits per heavy atom. The second-order valence-electron chi connectivity index (χ2n) is 4.43. The fourth-order valence-corrected chi connectivity index (χ4v) is 1.73. The van der Waals surface area contributed by atoms with E-state index in [-0.39, 0.29) is 6.03 Å². The monoisotopic (exact) mass is 266 g/mol. The molecule has 2 amide bonds. The number of urea groups is 1. The number of para-hydroxylation sites is 1. The van der Waals surface area contributed by atoms with Crippen LogP contribution in [0, 0.1) is 0 Å². The summed E-state index contributed by atoms with van der Waals surface area (Å²) in [7, 11) is 1.65. The Kier molecular flexibility index (Phi) is 6.15. The number of carbonyl (C=O) groups is 1. The Labute approximate surface area is 114 Å². The van der Waals surface area contributed by atoms with Gasteiger partial charge in [-0.3, -0.25) is 0 Å². The third kappa shape index (κ3) is 5.18. The van der Waals surface area contributed by atoms with Gasteiger partial charge in [-0.25, -0.2) is 4.79 Å². The van der Waals surface area contributed by atoms with Gasteiger partial charge in [-0.15, -0.1) is 0 Å². The summed E-state index contributed by atoms with van der Waals surface area (Å²) in [5, 5.41) is 12.0. The zero-order chi connectivity index (χ0) is 14.3. The highest BCUT2D eigenvalue weighted by Crippen LogP contribution is 2.17. The topological polar surface area (TPSA) is 61.8 Å². The third-order valence-electron chi connectivity index (χ3n) is 2.59. The quantitative estimate of drug-likeness (QED) is 0.822. The zero-order valence-corrected chi connectivity index (χ0v) is 11.7. The van der Waals surface area contributed by atoms with Gasteiger partial charge in [0.2, 0.25) is 0 Å². The van der Waals surface area contributed by atoms with Crippen molar-refractivity contribution in [2.45, 2.75) is 26.5 Å². The molecule has 1 atom stereocenters. The molecule has 106 valence electrons. The van der Waals surface area contributed by atoms with Crippen LogP contribution in [-0.4, -0.2) is 42.3 Å². The molecule has 1 unspecified atom stereocenters. The second kappa shape index (κ2) is 7.63. The predicted molar refractivity (Wildman–Crippen MR) is 74.2 cm³/mol. The highest BCUT2D eigenvalue weighted by atomic mass is 16.5. The minimum Gasteiger partial charge on any atom is -0.494 e. The summed E-state index contributed by atoms with van der Waals surface area (Å²) < 4.78 is 5.49. The standard InChI is InChI=1S/C14H22N2O3/c1-4-19-13-8-6-5-7-12(13)9-15-14(18)16(3)10-11(2)17/h5-8,11,17H,4,9-10H2,1-3H3,(H,15,18). The van der Waals surface area contributed by atoms with Crippen LogP contribution in [0.15, 0.2) is 24.3 Å². The maximum absolute atomic E-state index is 11.8. The molecule has 0 aliphatic carbocycles. The third-order valence-corrected chi connectivity index (χ3v) is 2.59. The molecule has 0 aliphatic rings. The van der Waals surface area contributed by atoms with E-state index >= 15 is 0 Å². The summed E-state index contributed by atoms with van der Waals surface area (Å²) >= 11 is 0. The van der Waals surface area contributed by atoms with Crippen molar-refractivity contribution in [2.24, 2.45) is 0 Å². The lowest BCUT2D eigenvalue weighted by Crippen LogP contribution is -2.40. The Bertz CT molecular complexity index is 407. The minimum absolute atomic E-state index is 0.216. The van der Waals surface area contributed by atoms with Crippen molar-refractivity contribution in [3.63, 3.8) is 0 Å². The highest BCUT2D eigenvalue weighted by Gasteiger charge is 2.11. The van der Waals surface area contributed by atoms with Crippen LogP contribution in [0.2, 0.25) is 0 Å². The fraction of sp³-hybridized carbons (Fsp3) is 0.500. The van der Waals surface area contributed by atoms with Crippen molar-refractivity contribution in [3.8, 4) is 5.75 Å². The Balaban J connectivity index is 2.54. The molecule has 19 heavy (non-hydrogen) atoms. The van der Waals surface area contributed by atoms with Crippen molar-refractivity contribution in [1.82, 2.24) is 10.2 Å². The number of likely N-dealkylation sites (N-methyl/N-ethyl adjacent to an activating group) is 1. The van der Waals surface area contributed by atoms with Gasteiger partial charge in [0.15, 0.2) is 0 Å². The largest absolute Gasteiger partial charge is 0.494 e. The molecule has 0 bridgehead atoms. The van der Waals surface area contributed by atoms with Crippen LogP contribution < -0.4 is 10.1 Å². The van der Waals surface area contributed by atoms with Gasteiger partial charge in [0.1, 0.15) is 5.75 Å². The SMILES string of the molecule is CCOc1ccccc1CNC(=O)N(C)CC(C)O. The average molecular weight is 266 g/mol. The molecule has 0 saturated carbocycles. The van der Waals surface area contributed by atoms with Crippen molar-refractivity contribution in [3.05, 3.63) is 29.8 Å². The van der Waals surface area contributed by atoms with E-state index in [2.05, 4.69) is 5.32 Å². The smallest absolute Gasteiger partial charge is 0.317 e. The lowest BCUT2D eigenvalue weighted by molar-refractivity contribution is 0.143. The van der Waals surface area contributed by atoms with E-state index in [1.807, 2.05) is 31.2 Å². The first-order valence-corrected chi connectivity index (χ1v) is 6.42. The van der Waals surface area contributed by atoms with E-state index in [1.54, 1.807) is 14.0 Å². The van der Waals surface area contributed by atoms with E-state index in [0.717, 1.165) is 11.3 Å². The Morgan fingerprint density at radius 3 is 2.79 bits per heavy atom. The molecule has 0 aromatic heterocycles. The maximum Gasteiger partial charge on any atom is 0.317 e. The first-order valence-electron chi connectivity index (χ1n) is 6.42. The number of nitrogens with zero attached hydrogens (tertiary/aromatic N) is 1. The van der Waals surface area contributed by atoms with Crippen molar-refractivity contribution in [2.75, 3.05) is 20.2 Å². The number of benzene rings is 1. The molecule has 0 spiro atoms. The molecule has 0 radical (unpaired) electrons. The van der Waals surface area contributed by atoms with Gasteiger partial charge in [0, 0.05) is 25.7 Å². The molecule has 5 nitrogen and oxygen atoms in total. The summed E-state index contributed by atoms with van der Waals surface area (Å²) in [6.07, 6.45) is -0.536. The van der Waals surface area contributed by atoms with Crippen LogP contribution in [0.5, 0.6) is 5.75 Å². The van der Waals surface area contributed by atoms with E-state index in [9.17, 15) is 9.90 Å². The number of hydrogen-bond donors (Lipinski definition) is 2. The predicted octanol–water partition coefficient (Wildman–Crippen LogP) is 1.61. The van der Waals surface area contributed by atoms with Gasteiger partial charge < -0.3 is 20.1 Å². The first kappa shape index (κ1) is 15.3. The molecule has 1 aromatic carbocycles. The lowest BCUT2D eigenvalue weighted by atomic mass is 10.2. The summed E-state index contributed by atoms with van der Waals surface area (Å²) in [6.45, 7) is 4.87. The minimum atomic E-state index is -0.536. The number of aliphatic hydroxyl groups is 1. The molecule has 0 heterocycles. The summed E-state index contributed by atoms with van der Waals surface area (Å²) in [5.41, 5.74) is 0.933. The number of amides is 2. The molecular weight excluding hydrogens is 244 g/mol. The summed E-state index contributed by atoms with van der Waals surface area (Å²) in [6, 6.07) is 7.39. The van der Waals surface area contributed by atoms with Crippen LogP contribution in [0.1, 0.15) is 19.4 Å². The summed E-state index contributed by atoms with van der Waals surface area (Å²) in [4.78, 5) is 13.2. The number of hydrogen-bond acceptors (Lipinski definition) is 3. The Morgan fingerprint density at radius 2 is 2.16 bits per heavy atom. The highest BCUT2D eigenvalue weighted by molar-refractivity contribution is 5.73. The zero-order valence-electron chi connectivity index (χ0n) is 11.7. The van der Waals surface area contributed by atoms with Gasteiger partial charge in [-0.05, 0) is 19.9 Å². The lowest BCUT2D eigenvalue weighted by Gasteiger charge is -2.19. The van der Waals surface area contributed by atoms with Gasteiger partial charge in [-0.2, -0.15) is 0 Å². The summed E-state index contributed by atoms with van der Waals surface area (Å²) in [5.74, 6) is 0.781. The number of rotatable bonds is 6. The average Bonchev–Trinajstić information content (AvgIpc) is 2.37. The second-order valence-corrected chi connectivity index (χ2v) is 4.43. The van der Waals surface area contributed by atoms with E-state index in [1.165, 1.54) is 4.90 Å². The molecule has 0 aliphatic heterocycles.